The van der Waals surface area contributed by atoms with Crippen molar-refractivity contribution in [2.75, 3.05) is 0 Å². The fraction of sp³-hybridized carbons (Fsp3) is 0.300. The van der Waals surface area contributed by atoms with Crippen molar-refractivity contribution in [3.05, 3.63) is 28.8 Å². The number of phenolic OH excluding ortho intramolecular Hbond substituents is 1. The number of benzene rings is 1. The van der Waals surface area contributed by atoms with Crippen molar-refractivity contribution in [3.8, 4) is 5.75 Å². The third kappa shape index (κ3) is 1.65. The maximum atomic E-state index is 13.1. The Balaban J connectivity index is 2.73. The van der Waals surface area contributed by atoms with Gasteiger partial charge in [0.1, 0.15) is 5.75 Å². The van der Waals surface area contributed by atoms with Gasteiger partial charge in [0.25, 0.3) is 0 Å². The van der Waals surface area contributed by atoms with E-state index in [9.17, 15) is 31.9 Å². The molecule has 0 atom stereocenters. The molecule has 0 spiro atoms. The molecule has 0 saturated heterocycles. The van der Waals surface area contributed by atoms with E-state index in [1.54, 1.807) is 0 Å². The maximum Gasteiger partial charge on any atom is 0.417 e. The number of ketones is 1. The highest BCUT2D eigenvalue weighted by Gasteiger charge is 2.52. The first-order valence-corrected chi connectivity index (χ1v) is 4.49. The minimum Gasteiger partial charge on any atom is -0.508 e. The zero-order valence-corrected chi connectivity index (χ0v) is 8.11. The monoisotopic (exact) mass is 252 g/mol. The molecule has 0 fully saturated rings. The van der Waals surface area contributed by atoms with Crippen molar-refractivity contribution < 1.29 is 31.9 Å². The summed E-state index contributed by atoms with van der Waals surface area (Å²) in [4.78, 5) is 11.2. The van der Waals surface area contributed by atoms with E-state index in [1.165, 1.54) is 0 Å². The molecule has 0 radical (unpaired) electrons. The van der Waals surface area contributed by atoms with E-state index in [1.807, 2.05) is 0 Å². The second-order valence-electron chi connectivity index (χ2n) is 3.69. The number of Topliss-reactive ketones (excluding diaryl/α,β-unsaturated/α-hetero) is 1. The largest absolute Gasteiger partial charge is 0.508 e. The van der Waals surface area contributed by atoms with Crippen LogP contribution in [0.3, 0.4) is 0 Å². The van der Waals surface area contributed by atoms with E-state index in [4.69, 9.17) is 0 Å². The molecule has 7 heteroatoms. The van der Waals surface area contributed by atoms with Crippen LogP contribution < -0.4 is 0 Å². The molecule has 0 aromatic heterocycles. The minimum atomic E-state index is -4.91. The van der Waals surface area contributed by atoms with Gasteiger partial charge in [-0.05, 0) is 12.1 Å². The summed E-state index contributed by atoms with van der Waals surface area (Å²) in [5.74, 6) is -6.50. The Kier molecular flexibility index (Phi) is 2.21. The van der Waals surface area contributed by atoms with Crippen molar-refractivity contribution in [2.45, 2.75) is 18.5 Å². The molecule has 0 unspecified atom stereocenters. The van der Waals surface area contributed by atoms with Crippen LogP contribution in [-0.2, 0) is 12.6 Å². The molecule has 1 aliphatic carbocycles. The molecule has 0 saturated carbocycles. The van der Waals surface area contributed by atoms with Crippen LogP contribution in [0.1, 0.15) is 21.5 Å². The Labute approximate surface area is 91.7 Å². The summed E-state index contributed by atoms with van der Waals surface area (Å²) < 4.78 is 63.7. The lowest BCUT2D eigenvalue weighted by molar-refractivity contribution is -0.138. The van der Waals surface area contributed by atoms with Gasteiger partial charge in [-0.15, -0.1) is 0 Å². The van der Waals surface area contributed by atoms with Crippen molar-refractivity contribution in [3.63, 3.8) is 0 Å². The number of hydrogen-bond acceptors (Lipinski definition) is 2. The number of carbonyl (C=O) groups is 1. The van der Waals surface area contributed by atoms with Gasteiger partial charge in [0.15, 0.2) is 0 Å². The summed E-state index contributed by atoms with van der Waals surface area (Å²) >= 11 is 0. The summed E-state index contributed by atoms with van der Waals surface area (Å²) in [5, 5.41) is 9.22. The average molecular weight is 252 g/mol. The molecular formula is C10H5F5O2. The number of rotatable bonds is 0. The van der Waals surface area contributed by atoms with Crippen LogP contribution in [0, 0.1) is 0 Å². The Morgan fingerprint density at radius 2 is 1.82 bits per heavy atom. The number of halogens is 5. The average Bonchev–Trinajstić information content (AvgIpc) is 2.39. The number of hydrogen-bond donors (Lipinski definition) is 1. The van der Waals surface area contributed by atoms with Crippen LogP contribution in [0.2, 0.25) is 0 Å². The van der Waals surface area contributed by atoms with Gasteiger partial charge in [-0.1, -0.05) is 0 Å². The number of phenols is 1. The summed E-state index contributed by atoms with van der Waals surface area (Å²) in [6, 6.07) is 1.09. The molecule has 0 bridgehead atoms. The van der Waals surface area contributed by atoms with Crippen LogP contribution in [0.15, 0.2) is 12.1 Å². The zero-order chi connectivity index (χ0) is 13.0. The molecule has 92 valence electrons. The molecule has 0 heterocycles. The Bertz CT molecular complexity index is 504. The third-order valence-electron chi connectivity index (χ3n) is 2.55. The molecule has 2 rings (SSSR count). The summed E-state index contributed by atoms with van der Waals surface area (Å²) in [6.07, 6.45) is -6.11. The number of carbonyl (C=O) groups excluding carboxylic acids is 1. The summed E-state index contributed by atoms with van der Waals surface area (Å²) in [6.45, 7) is 0. The van der Waals surface area contributed by atoms with E-state index in [-0.39, 0.29) is 0 Å². The van der Waals surface area contributed by atoms with Gasteiger partial charge in [-0.25, -0.2) is 0 Å². The smallest absolute Gasteiger partial charge is 0.417 e. The standard InChI is InChI=1S/C10H5F5O2/c11-9(12)3-4-6(16)2-1-5(10(13,14)15)7(4)8(9)17/h1-2,16H,3H2. The molecule has 2 nitrogen and oxygen atoms in total. The summed E-state index contributed by atoms with van der Waals surface area (Å²) in [5.41, 5.74) is -3.20. The number of alkyl halides is 5. The first kappa shape index (κ1) is 11.8. The predicted octanol–water partition coefficient (Wildman–Crippen LogP) is 2.79. The second kappa shape index (κ2) is 3.18. The Morgan fingerprint density at radius 1 is 1.24 bits per heavy atom. The van der Waals surface area contributed by atoms with E-state index in [0.29, 0.717) is 12.1 Å². The van der Waals surface area contributed by atoms with E-state index >= 15 is 0 Å². The van der Waals surface area contributed by atoms with Crippen LogP contribution in [0.25, 0.3) is 0 Å². The first-order chi connectivity index (χ1) is 7.64. The van der Waals surface area contributed by atoms with Crippen molar-refractivity contribution in [1.82, 2.24) is 0 Å². The van der Waals surface area contributed by atoms with Crippen molar-refractivity contribution >= 4 is 5.78 Å². The van der Waals surface area contributed by atoms with Crippen molar-refractivity contribution in [2.24, 2.45) is 0 Å². The topological polar surface area (TPSA) is 37.3 Å². The van der Waals surface area contributed by atoms with Gasteiger partial charge in [0, 0.05) is 17.5 Å². The summed E-state index contributed by atoms with van der Waals surface area (Å²) in [7, 11) is 0. The first-order valence-electron chi connectivity index (χ1n) is 4.49. The van der Waals surface area contributed by atoms with Crippen LogP contribution in [0.5, 0.6) is 5.75 Å². The highest BCUT2D eigenvalue weighted by atomic mass is 19.4. The van der Waals surface area contributed by atoms with Gasteiger partial charge < -0.3 is 5.11 Å². The lowest BCUT2D eigenvalue weighted by Gasteiger charge is -2.11. The minimum absolute atomic E-state index is 0.424. The van der Waals surface area contributed by atoms with Crippen LogP contribution >= 0.6 is 0 Å². The SMILES string of the molecule is O=C1c2c(C(F)(F)F)ccc(O)c2CC1(F)F. The molecule has 1 aromatic carbocycles. The fourth-order valence-electron chi connectivity index (χ4n) is 1.80. The predicted molar refractivity (Wildman–Crippen MR) is 46.1 cm³/mol. The lowest BCUT2D eigenvalue weighted by Crippen LogP contribution is -2.25. The van der Waals surface area contributed by atoms with Crippen LogP contribution in [0.4, 0.5) is 22.0 Å². The molecule has 0 aliphatic heterocycles. The van der Waals surface area contributed by atoms with E-state index in [0.717, 1.165) is 0 Å². The normalized spacial score (nSPS) is 18.3. The van der Waals surface area contributed by atoms with Gasteiger partial charge in [-0.2, -0.15) is 22.0 Å². The van der Waals surface area contributed by atoms with E-state index < -0.39 is 46.7 Å². The molecule has 1 N–H and O–H groups in total. The maximum absolute atomic E-state index is 13.1. The highest BCUT2D eigenvalue weighted by molar-refractivity contribution is 6.07. The van der Waals surface area contributed by atoms with Gasteiger partial charge >= 0.3 is 12.1 Å². The van der Waals surface area contributed by atoms with Gasteiger partial charge in [-0.3, -0.25) is 4.79 Å². The Hall–Kier alpha value is -1.66. The number of aromatic hydroxyl groups is 1. The zero-order valence-electron chi connectivity index (χ0n) is 8.11. The fourth-order valence-corrected chi connectivity index (χ4v) is 1.80. The lowest BCUT2D eigenvalue weighted by atomic mass is 10.0. The quantitative estimate of drug-likeness (QED) is 0.721. The van der Waals surface area contributed by atoms with Crippen molar-refractivity contribution in [1.29, 1.82) is 0 Å². The molecular weight excluding hydrogens is 247 g/mol. The number of fused-ring (bicyclic) bond motifs is 1. The molecule has 17 heavy (non-hydrogen) atoms. The second-order valence-corrected chi connectivity index (χ2v) is 3.69. The molecule has 1 aliphatic rings. The molecule has 0 amide bonds. The van der Waals surface area contributed by atoms with Crippen LogP contribution in [-0.4, -0.2) is 16.8 Å². The Morgan fingerprint density at radius 3 is 2.35 bits per heavy atom. The van der Waals surface area contributed by atoms with E-state index in [2.05, 4.69) is 0 Å². The van der Waals surface area contributed by atoms with Gasteiger partial charge in [0.2, 0.25) is 5.78 Å². The molecule has 1 aromatic rings. The van der Waals surface area contributed by atoms with Gasteiger partial charge in [0.05, 0.1) is 5.56 Å². The third-order valence-corrected chi connectivity index (χ3v) is 2.55. The highest BCUT2D eigenvalue weighted by Crippen LogP contribution is 2.44.